The van der Waals surface area contributed by atoms with Crippen LogP contribution in [0.5, 0.6) is 0 Å². The van der Waals surface area contributed by atoms with Gasteiger partial charge < -0.3 is 10.6 Å². The molecule has 0 aliphatic carbocycles. The Morgan fingerprint density at radius 3 is 2.88 bits per heavy atom. The molecule has 1 aliphatic heterocycles. The van der Waals surface area contributed by atoms with Gasteiger partial charge in [-0.25, -0.2) is 0 Å². The molecule has 0 radical (unpaired) electrons. The van der Waals surface area contributed by atoms with E-state index in [1.807, 2.05) is 12.1 Å². The highest BCUT2D eigenvalue weighted by molar-refractivity contribution is 6.30. The van der Waals surface area contributed by atoms with Gasteiger partial charge in [-0.05, 0) is 61.3 Å². The normalized spacial score (nSPS) is 16.6. The van der Waals surface area contributed by atoms with Crippen LogP contribution >= 0.6 is 24.0 Å². The van der Waals surface area contributed by atoms with E-state index in [9.17, 15) is 4.79 Å². The van der Waals surface area contributed by atoms with Crippen LogP contribution in [0.25, 0.3) is 11.4 Å². The molecule has 1 aromatic carbocycles. The molecule has 2 heterocycles. The van der Waals surface area contributed by atoms with Crippen molar-refractivity contribution in [2.45, 2.75) is 19.4 Å². The van der Waals surface area contributed by atoms with E-state index in [0.29, 0.717) is 23.3 Å². The third-order valence-electron chi connectivity index (χ3n) is 3.88. The van der Waals surface area contributed by atoms with Crippen LogP contribution in [0.3, 0.4) is 0 Å². The molecule has 130 valence electrons. The Kier molecular flexibility index (Phi) is 6.96. The van der Waals surface area contributed by atoms with Gasteiger partial charge in [0.2, 0.25) is 11.7 Å². The molecule has 0 saturated carbocycles. The Labute approximate surface area is 151 Å². The summed E-state index contributed by atoms with van der Waals surface area (Å²) in [5.74, 6) is 1.04. The molecule has 3 rings (SSSR count). The number of aromatic nitrogens is 4. The zero-order valence-electron chi connectivity index (χ0n) is 13.1. The van der Waals surface area contributed by atoms with Crippen molar-refractivity contribution < 1.29 is 4.79 Å². The number of benzene rings is 1. The number of amides is 1. The number of tetrazole rings is 1. The lowest BCUT2D eigenvalue weighted by Gasteiger charge is -2.08. The summed E-state index contributed by atoms with van der Waals surface area (Å²) in [6.07, 6.45) is 2.19. The molecule has 24 heavy (non-hydrogen) atoms. The van der Waals surface area contributed by atoms with Crippen molar-refractivity contribution in [1.29, 1.82) is 0 Å². The third kappa shape index (κ3) is 5.15. The Morgan fingerprint density at radius 1 is 1.38 bits per heavy atom. The lowest BCUT2D eigenvalue weighted by Crippen LogP contribution is -2.30. The monoisotopic (exact) mass is 370 g/mol. The lowest BCUT2D eigenvalue weighted by atomic mass is 10.1. The van der Waals surface area contributed by atoms with Gasteiger partial charge in [-0.3, -0.25) is 4.79 Å². The summed E-state index contributed by atoms with van der Waals surface area (Å²) in [4.78, 5) is 13.2. The first-order chi connectivity index (χ1) is 11.2. The highest BCUT2D eigenvalue weighted by Gasteiger charge is 2.14. The second kappa shape index (κ2) is 8.96. The minimum Gasteiger partial charge on any atom is -0.354 e. The fourth-order valence-electron chi connectivity index (χ4n) is 2.59. The van der Waals surface area contributed by atoms with Gasteiger partial charge in [0, 0.05) is 17.1 Å². The first-order valence-electron chi connectivity index (χ1n) is 7.72. The molecule has 1 aromatic heterocycles. The number of nitrogens with one attached hydrogen (secondary N) is 2. The van der Waals surface area contributed by atoms with E-state index < -0.39 is 0 Å². The number of hydrogen-bond acceptors (Lipinski definition) is 5. The summed E-state index contributed by atoms with van der Waals surface area (Å²) in [6, 6.07) is 7.17. The Morgan fingerprint density at radius 2 is 2.17 bits per heavy atom. The molecule has 2 N–H and O–H groups in total. The standard InChI is InChI=1S/C15H19ClN6O.ClH/c16-13-3-1-12(2-4-13)15-19-21-22(20-15)10-14(23)18-8-6-11-5-7-17-9-11;/h1-4,11,17H,5-10H2,(H,18,23);1H. The molecule has 9 heteroatoms. The quantitative estimate of drug-likeness (QED) is 0.805. The van der Waals surface area contributed by atoms with Crippen LogP contribution < -0.4 is 10.6 Å². The molecule has 2 aromatic rings. The fourth-order valence-corrected chi connectivity index (χ4v) is 2.71. The second-order valence-corrected chi connectivity index (χ2v) is 6.08. The summed E-state index contributed by atoms with van der Waals surface area (Å²) in [5.41, 5.74) is 0.815. The molecule has 1 saturated heterocycles. The number of nitrogens with zero attached hydrogens (tertiary/aromatic N) is 4. The van der Waals surface area contributed by atoms with Crippen LogP contribution in [-0.4, -0.2) is 45.7 Å². The topological polar surface area (TPSA) is 84.7 Å². The molecule has 1 amide bonds. The lowest BCUT2D eigenvalue weighted by molar-refractivity contribution is -0.122. The van der Waals surface area contributed by atoms with Gasteiger partial charge >= 0.3 is 0 Å². The second-order valence-electron chi connectivity index (χ2n) is 5.65. The van der Waals surface area contributed by atoms with Gasteiger partial charge in [-0.15, -0.1) is 22.6 Å². The number of hydrogen-bond donors (Lipinski definition) is 2. The predicted octanol–water partition coefficient (Wildman–Crippen LogP) is 1.53. The summed E-state index contributed by atoms with van der Waals surface area (Å²) < 4.78 is 0. The van der Waals surface area contributed by atoms with Crippen LogP contribution in [0.2, 0.25) is 5.02 Å². The average Bonchev–Trinajstić information content (AvgIpc) is 3.20. The number of rotatable bonds is 6. The highest BCUT2D eigenvalue weighted by Crippen LogP contribution is 2.16. The summed E-state index contributed by atoms with van der Waals surface area (Å²) >= 11 is 5.85. The van der Waals surface area contributed by atoms with Crippen molar-refractivity contribution in [2.24, 2.45) is 5.92 Å². The molecule has 0 spiro atoms. The van der Waals surface area contributed by atoms with Gasteiger partial charge in [-0.1, -0.05) is 11.6 Å². The maximum Gasteiger partial charge on any atom is 0.243 e. The van der Waals surface area contributed by atoms with Gasteiger partial charge in [0.15, 0.2) is 0 Å². The third-order valence-corrected chi connectivity index (χ3v) is 4.13. The van der Waals surface area contributed by atoms with E-state index in [4.69, 9.17) is 11.6 Å². The molecule has 1 unspecified atom stereocenters. The van der Waals surface area contributed by atoms with Crippen LogP contribution in [-0.2, 0) is 11.3 Å². The Hall–Kier alpha value is -1.70. The first kappa shape index (κ1) is 18.6. The van der Waals surface area contributed by atoms with Crippen LogP contribution in [0.15, 0.2) is 24.3 Å². The van der Waals surface area contributed by atoms with Gasteiger partial charge in [0.1, 0.15) is 6.54 Å². The van der Waals surface area contributed by atoms with Crippen molar-refractivity contribution in [3.05, 3.63) is 29.3 Å². The summed E-state index contributed by atoms with van der Waals surface area (Å²) in [7, 11) is 0. The zero-order chi connectivity index (χ0) is 16.1. The van der Waals surface area contributed by atoms with E-state index in [1.165, 1.54) is 11.2 Å². The van der Waals surface area contributed by atoms with Gasteiger partial charge in [-0.2, -0.15) is 4.80 Å². The maximum absolute atomic E-state index is 11.9. The van der Waals surface area contributed by atoms with Crippen LogP contribution in [0.1, 0.15) is 12.8 Å². The van der Waals surface area contributed by atoms with Crippen LogP contribution in [0.4, 0.5) is 0 Å². The molecule has 0 bridgehead atoms. The number of carbonyl (C=O) groups is 1. The summed E-state index contributed by atoms with van der Waals surface area (Å²) in [6.45, 7) is 2.88. The van der Waals surface area contributed by atoms with E-state index in [0.717, 1.165) is 25.1 Å². The molecule has 7 nitrogen and oxygen atoms in total. The molecular formula is C15H20Cl2N6O. The van der Waals surface area contributed by atoms with Crippen molar-refractivity contribution in [1.82, 2.24) is 30.8 Å². The van der Waals surface area contributed by atoms with Gasteiger partial charge in [0.05, 0.1) is 0 Å². The predicted molar refractivity (Wildman–Crippen MR) is 94.1 cm³/mol. The molecule has 1 atom stereocenters. The number of carbonyl (C=O) groups excluding carboxylic acids is 1. The van der Waals surface area contributed by atoms with Crippen LogP contribution in [0, 0.1) is 5.92 Å². The number of halogens is 2. The minimum absolute atomic E-state index is 0. The Bertz CT molecular complexity index is 654. The zero-order valence-corrected chi connectivity index (χ0v) is 14.7. The highest BCUT2D eigenvalue weighted by atomic mass is 35.5. The van der Waals surface area contributed by atoms with E-state index in [-0.39, 0.29) is 24.9 Å². The SMILES string of the molecule is Cl.O=C(Cn1nnc(-c2ccc(Cl)cc2)n1)NCCC1CCNC1. The first-order valence-corrected chi connectivity index (χ1v) is 8.09. The van der Waals surface area contributed by atoms with Crippen molar-refractivity contribution in [2.75, 3.05) is 19.6 Å². The average molecular weight is 371 g/mol. The van der Waals surface area contributed by atoms with Crippen molar-refractivity contribution >= 4 is 29.9 Å². The largest absolute Gasteiger partial charge is 0.354 e. The van der Waals surface area contributed by atoms with E-state index >= 15 is 0 Å². The van der Waals surface area contributed by atoms with Crippen molar-refractivity contribution in [3.63, 3.8) is 0 Å². The van der Waals surface area contributed by atoms with Gasteiger partial charge in [0.25, 0.3) is 0 Å². The van der Waals surface area contributed by atoms with E-state index in [1.54, 1.807) is 12.1 Å². The minimum atomic E-state index is -0.101. The summed E-state index contributed by atoms with van der Waals surface area (Å²) in [5, 5.41) is 19.0. The molecular weight excluding hydrogens is 351 g/mol. The molecule has 1 fully saturated rings. The smallest absolute Gasteiger partial charge is 0.243 e. The van der Waals surface area contributed by atoms with E-state index in [2.05, 4.69) is 26.0 Å². The molecule has 1 aliphatic rings. The van der Waals surface area contributed by atoms with Crippen molar-refractivity contribution in [3.8, 4) is 11.4 Å². The maximum atomic E-state index is 11.9. The Balaban J connectivity index is 0.00000208. The fraction of sp³-hybridized carbons (Fsp3) is 0.467.